The van der Waals surface area contributed by atoms with Crippen molar-refractivity contribution in [2.45, 2.75) is 39.2 Å². The highest BCUT2D eigenvalue weighted by Gasteiger charge is 2.30. The Labute approximate surface area is 138 Å². The van der Waals surface area contributed by atoms with Gasteiger partial charge in [0, 0.05) is 31.3 Å². The van der Waals surface area contributed by atoms with Crippen LogP contribution in [-0.4, -0.2) is 42.5 Å². The minimum atomic E-state index is -0.119. The Morgan fingerprint density at radius 3 is 2.70 bits per heavy atom. The zero-order valence-electron chi connectivity index (χ0n) is 14.0. The van der Waals surface area contributed by atoms with Crippen molar-refractivity contribution < 1.29 is 14.3 Å². The lowest BCUT2D eigenvalue weighted by molar-refractivity contribution is -0.138. The number of nitrogens with zero attached hydrogens (tertiary/aromatic N) is 1. The number of carbonyl (C=O) groups is 2. The topological polar surface area (TPSA) is 58.6 Å². The molecule has 0 aliphatic carbocycles. The molecule has 0 radical (unpaired) electrons. The first kappa shape index (κ1) is 17.5. The van der Waals surface area contributed by atoms with Crippen LogP contribution >= 0.6 is 0 Å². The summed E-state index contributed by atoms with van der Waals surface area (Å²) in [7, 11) is 0. The number of rotatable bonds is 7. The van der Waals surface area contributed by atoms with Crippen molar-refractivity contribution >= 4 is 17.5 Å². The molecule has 0 aromatic heterocycles. The second-order valence-corrected chi connectivity index (χ2v) is 6.06. The minimum absolute atomic E-state index is 0.0545. The Morgan fingerprint density at radius 1 is 1.35 bits per heavy atom. The summed E-state index contributed by atoms with van der Waals surface area (Å²) < 4.78 is 5.32. The second kappa shape index (κ2) is 8.67. The number of benzene rings is 1. The Bertz CT molecular complexity index is 512. The lowest BCUT2D eigenvalue weighted by Gasteiger charge is -2.30. The van der Waals surface area contributed by atoms with Gasteiger partial charge in [-0.2, -0.15) is 0 Å². The van der Waals surface area contributed by atoms with Crippen LogP contribution in [-0.2, 0) is 14.3 Å². The summed E-state index contributed by atoms with van der Waals surface area (Å²) in [6.45, 7) is 5.81. The van der Waals surface area contributed by atoms with Crippen LogP contribution in [0.5, 0.6) is 0 Å². The van der Waals surface area contributed by atoms with Gasteiger partial charge in [-0.25, -0.2) is 0 Å². The molecule has 1 saturated heterocycles. The molecule has 2 unspecified atom stereocenters. The van der Waals surface area contributed by atoms with Crippen molar-refractivity contribution in [3.63, 3.8) is 0 Å². The van der Waals surface area contributed by atoms with E-state index in [2.05, 4.69) is 5.32 Å². The molecule has 2 rings (SSSR count). The van der Waals surface area contributed by atoms with E-state index in [-0.39, 0.29) is 23.8 Å². The highest BCUT2D eigenvalue weighted by molar-refractivity contribution is 5.91. The number of anilines is 1. The molecule has 1 aromatic carbocycles. The molecule has 1 N–H and O–H groups in total. The molecule has 1 aromatic rings. The molecule has 0 bridgehead atoms. The number of nitrogens with one attached hydrogen (secondary N) is 1. The summed E-state index contributed by atoms with van der Waals surface area (Å²) in [4.78, 5) is 26.7. The fourth-order valence-electron chi connectivity index (χ4n) is 2.86. The molecule has 1 aliphatic rings. The maximum atomic E-state index is 12.6. The zero-order chi connectivity index (χ0) is 16.7. The van der Waals surface area contributed by atoms with Gasteiger partial charge in [-0.05, 0) is 31.9 Å². The third kappa shape index (κ3) is 5.06. The van der Waals surface area contributed by atoms with Crippen LogP contribution in [0.3, 0.4) is 0 Å². The predicted molar refractivity (Wildman–Crippen MR) is 90.1 cm³/mol. The lowest BCUT2D eigenvalue weighted by Crippen LogP contribution is -2.44. The van der Waals surface area contributed by atoms with Crippen LogP contribution in [0.15, 0.2) is 30.3 Å². The highest BCUT2D eigenvalue weighted by atomic mass is 16.5. The van der Waals surface area contributed by atoms with Gasteiger partial charge in [-0.3, -0.25) is 9.59 Å². The van der Waals surface area contributed by atoms with Gasteiger partial charge in [0.15, 0.2) is 0 Å². The number of ether oxygens (including phenoxy) is 1. The first-order chi connectivity index (χ1) is 11.1. The molecule has 126 valence electrons. The summed E-state index contributed by atoms with van der Waals surface area (Å²) in [6.07, 6.45) is 1.96. The van der Waals surface area contributed by atoms with Crippen LogP contribution in [0.2, 0.25) is 0 Å². The second-order valence-electron chi connectivity index (χ2n) is 6.06. The fraction of sp³-hybridized carbons (Fsp3) is 0.556. The van der Waals surface area contributed by atoms with E-state index < -0.39 is 0 Å². The molecule has 1 aliphatic heterocycles. The molecule has 5 nitrogen and oxygen atoms in total. The first-order valence-electron chi connectivity index (χ1n) is 8.35. The van der Waals surface area contributed by atoms with E-state index in [4.69, 9.17) is 4.74 Å². The van der Waals surface area contributed by atoms with E-state index in [0.717, 1.165) is 18.5 Å². The summed E-state index contributed by atoms with van der Waals surface area (Å²) in [5.74, 6) is -0.00850. The summed E-state index contributed by atoms with van der Waals surface area (Å²) in [5.41, 5.74) is 0.780. The standard InChI is InChI=1S/C18H26N2O3/c1-3-10-20(18(22)15-9-11-23-13-15)14(2)12-17(21)19-16-7-5-4-6-8-16/h4-8,14-15H,3,9-13H2,1-2H3,(H,19,21). The normalized spacial score (nSPS) is 18.4. The number of hydrogen-bond acceptors (Lipinski definition) is 3. The summed E-state index contributed by atoms with van der Waals surface area (Å²) in [6, 6.07) is 9.26. The molecular weight excluding hydrogens is 292 g/mol. The Balaban J connectivity index is 1.92. The van der Waals surface area contributed by atoms with Gasteiger partial charge in [-0.1, -0.05) is 25.1 Å². The molecule has 23 heavy (non-hydrogen) atoms. The predicted octanol–water partition coefficient (Wildman–Crippen LogP) is 2.68. The van der Waals surface area contributed by atoms with E-state index in [1.165, 1.54) is 0 Å². The molecule has 2 amide bonds. The molecule has 0 saturated carbocycles. The largest absolute Gasteiger partial charge is 0.381 e. The minimum Gasteiger partial charge on any atom is -0.381 e. The Morgan fingerprint density at radius 2 is 2.09 bits per heavy atom. The average Bonchev–Trinajstić information content (AvgIpc) is 3.07. The van der Waals surface area contributed by atoms with Gasteiger partial charge in [0.1, 0.15) is 0 Å². The maximum Gasteiger partial charge on any atom is 0.228 e. The lowest BCUT2D eigenvalue weighted by atomic mass is 10.0. The molecule has 5 heteroatoms. The van der Waals surface area contributed by atoms with Crippen LogP contribution < -0.4 is 5.32 Å². The van der Waals surface area contributed by atoms with Crippen molar-refractivity contribution in [1.82, 2.24) is 4.90 Å². The van der Waals surface area contributed by atoms with E-state index in [0.29, 0.717) is 26.2 Å². The molecule has 0 spiro atoms. The quantitative estimate of drug-likeness (QED) is 0.841. The molecule has 1 heterocycles. The average molecular weight is 318 g/mol. The van der Waals surface area contributed by atoms with Crippen molar-refractivity contribution in [2.24, 2.45) is 5.92 Å². The summed E-state index contributed by atoms with van der Waals surface area (Å²) >= 11 is 0. The SMILES string of the molecule is CCCN(C(=O)C1CCOC1)C(C)CC(=O)Nc1ccccc1. The molecule has 1 fully saturated rings. The van der Waals surface area contributed by atoms with Gasteiger partial charge in [0.2, 0.25) is 11.8 Å². The van der Waals surface area contributed by atoms with Gasteiger partial charge in [-0.15, -0.1) is 0 Å². The smallest absolute Gasteiger partial charge is 0.228 e. The molecular formula is C18H26N2O3. The van der Waals surface area contributed by atoms with Crippen LogP contribution in [0, 0.1) is 5.92 Å². The Kier molecular flexibility index (Phi) is 6.59. The summed E-state index contributed by atoms with van der Waals surface area (Å²) in [5, 5.41) is 2.88. The third-order valence-electron chi connectivity index (χ3n) is 4.10. The molecule has 2 atom stereocenters. The Hall–Kier alpha value is -1.88. The van der Waals surface area contributed by atoms with Gasteiger partial charge >= 0.3 is 0 Å². The van der Waals surface area contributed by atoms with Crippen LogP contribution in [0.1, 0.15) is 33.1 Å². The highest BCUT2D eigenvalue weighted by Crippen LogP contribution is 2.19. The monoisotopic (exact) mass is 318 g/mol. The van der Waals surface area contributed by atoms with E-state index in [9.17, 15) is 9.59 Å². The van der Waals surface area contributed by atoms with Crippen LogP contribution in [0.4, 0.5) is 5.69 Å². The van der Waals surface area contributed by atoms with E-state index in [1.807, 2.05) is 49.1 Å². The van der Waals surface area contributed by atoms with Crippen molar-refractivity contribution in [3.8, 4) is 0 Å². The van der Waals surface area contributed by atoms with E-state index >= 15 is 0 Å². The number of amides is 2. The fourth-order valence-corrected chi connectivity index (χ4v) is 2.86. The van der Waals surface area contributed by atoms with Gasteiger partial charge in [0.25, 0.3) is 0 Å². The number of para-hydroxylation sites is 1. The van der Waals surface area contributed by atoms with Gasteiger partial charge < -0.3 is 15.0 Å². The zero-order valence-corrected chi connectivity index (χ0v) is 14.0. The number of hydrogen-bond donors (Lipinski definition) is 1. The number of carbonyl (C=O) groups excluding carboxylic acids is 2. The maximum absolute atomic E-state index is 12.6. The van der Waals surface area contributed by atoms with Crippen LogP contribution in [0.25, 0.3) is 0 Å². The van der Waals surface area contributed by atoms with E-state index in [1.54, 1.807) is 0 Å². The van der Waals surface area contributed by atoms with Crippen molar-refractivity contribution in [1.29, 1.82) is 0 Å². The third-order valence-corrected chi connectivity index (χ3v) is 4.10. The van der Waals surface area contributed by atoms with Crippen molar-refractivity contribution in [2.75, 3.05) is 25.1 Å². The van der Waals surface area contributed by atoms with Crippen molar-refractivity contribution in [3.05, 3.63) is 30.3 Å². The van der Waals surface area contributed by atoms with Gasteiger partial charge in [0.05, 0.1) is 12.5 Å². The first-order valence-corrected chi connectivity index (χ1v) is 8.35.